The average Bonchev–Trinajstić information content (AvgIpc) is 2.44. The Labute approximate surface area is 84.0 Å². The summed E-state index contributed by atoms with van der Waals surface area (Å²) in [6.45, 7) is 5.58. The van der Waals surface area contributed by atoms with Gasteiger partial charge in [-0.15, -0.1) is 0 Å². The van der Waals surface area contributed by atoms with E-state index in [-0.39, 0.29) is 0 Å². The lowest BCUT2D eigenvalue weighted by atomic mass is 9.91. The minimum atomic E-state index is 0.302. The largest absolute Gasteiger partial charge is 0.294 e. The zero-order chi connectivity index (χ0) is 9.42. The molecule has 72 valence electrons. The highest BCUT2D eigenvalue weighted by molar-refractivity contribution is 8.00. The van der Waals surface area contributed by atoms with Crippen LogP contribution in [0, 0.1) is 5.92 Å². The van der Waals surface area contributed by atoms with E-state index in [1.165, 1.54) is 12.8 Å². The molecule has 0 amide bonds. The average molecular weight is 196 g/mol. The molecular weight excluding hydrogens is 180 g/mol. The minimum Gasteiger partial charge on any atom is -0.294 e. The van der Waals surface area contributed by atoms with Crippen LogP contribution in [0.4, 0.5) is 0 Å². The van der Waals surface area contributed by atoms with E-state index in [1.54, 1.807) is 0 Å². The van der Waals surface area contributed by atoms with Crippen molar-refractivity contribution >= 4 is 17.5 Å². The number of carbonyl (C=O) groups excluding carboxylic acids is 1. The summed E-state index contributed by atoms with van der Waals surface area (Å²) >= 11 is 2.10. The third-order valence-corrected chi connectivity index (χ3v) is 4.71. The lowest BCUT2D eigenvalue weighted by molar-refractivity contribution is -0.119. The van der Waals surface area contributed by atoms with Gasteiger partial charge in [0, 0.05) is 16.4 Å². The second-order valence-electron chi connectivity index (χ2n) is 4.27. The van der Waals surface area contributed by atoms with Gasteiger partial charge in [0.25, 0.3) is 0 Å². The molecular formula is C11H16OS. The summed E-state index contributed by atoms with van der Waals surface area (Å²) in [4.78, 5) is 11.7. The third-order valence-electron chi connectivity index (χ3n) is 3.08. The molecule has 0 N–H and O–H groups in total. The highest BCUT2D eigenvalue weighted by Crippen LogP contribution is 2.46. The molecule has 2 heteroatoms. The molecule has 2 heterocycles. The number of thioether (sulfide) groups is 1. The van der Waals surface area contributed by atoms with Crippen LogP contribution in [0.3, 0.4) is 0 Å². The van der Waals surface area contributed by atoms with E-state index < -0.39 is 0 Å². The van der Waals surface area contributed by atoms with E-state index in [0.29, 0.717) is 11.7 Å². The molecule has 0 aromatic rings. The van der Waals surface area contributed by atoms with Gasteiger partial charge in [-0.25, -0.2) is 0 Å². The van der Waals surface area contributed by atoms with E-state index in [1.807, 2.05) is 6.92 Å². The van der Waals surface area contributed by atoms with Crippen LogP contribution in [-0.2, 0) is 4.79 Å². The Morgan fingerprint density at radius 3 is 2.31 bits per heavy atom. The van der Waals surface area contributed by atoms with Crippen molar-refractivity contribution in [1.82, 2.24) is 0 Å². The second kappa shape index (κ2) is 3.49. The minimum absolute atomic E-state index is 0.302. The summed E-state index contributed by atoms with van der Waals surface area (Å²) in [5.74, 6) is 0.619. The molecule has 2 bridgehead atoms. The number of hydrogen-bond acceptors (Lipinski definition) is 2. The van der Waals surface area contributed by atoms with Gasteiger partial charge in [-0.2, -0.15) is 11.8 Å². The van der Waals surface area contributed by atoms with Gasteiger partial charge < -0.3 is 0 Å². The molecule has 0 spiro atoms. The molecule has 2 unspecified atom stereocenters. The number of hydrogen-bond donors (Lipinski definition) is 0. The Morgan fingerprint density at radius 2 is 1.85 bits per heavy atom. The van der Waals surface area contributed by atoms with Gasteiger partial charge in [0.2, 0.25) is 0 Å². The zero-order valence-electron chi connectivity index (χ0n) is 8.08. The molecule has 0 saturated carbocycles. The molecule has 0 aromatic carbocycles. The molecule has 0 aromatic heterocycles. The van der Waals surface area contributed by atoms with Gasteiger partial charge >= 0.3 is 0 Å². The number of Topliss-reactive ketones (excluding diaryl/α,β-unsaturated/α-hetero) is 1. The van der Waals surface area contributed by atoms with E-state index in [0.717, 1.165) is 28.9 Å². The van der Waals surface area contributed by atoms with Crippen molar-refractivity contribution in [2.75, 3.05) is 0 Å². The molecule has 2 fully saturated rings. The van der Waals surface area contributed by atoms with Crippen LogP contribution >= 0.6 is 11.8 Å². The number of allylic oxidation sites excluding steroid dienone is 1. The smallest absolute Gasteiger partial charge is 0.161 e. The summed E-state index contributed by atoms with van der Waals surface area (Å²) in [5, 5.41) is 1.54. The summed E-state index contributed by atoms with van der Waals surface area (Å²) < 4.78 is 0. The molecule has 13 heavy (non-hydrogen) atoms. The number of carbonyl (C=O) groups is 1. The third kappa shape index (κ3) is 1.83. The molecule has 2 saturated heterocycles. The Bertz CT molecular complexity index is 234. The van der Waals surface area contributed by atoms with Crippen molar-refractivity contribution in [3.05, 3.63) is 12.2 Å². The van der Waals surface area contributed by atoms with Crippen molar-refractivity contribution in [1.29, 1.82) is 0 Å². The Kier molecular flexibility index (Phi) is 2.50. The summed E-state index contributed by atoms with van der Waals surface area (Å²) in [6, 6.07) is 0. The van der Waals surface area contributed by atoms with E-state index in [9.17, 15) is 4.79 Å². The van der Waals surface area contributed by atoms with Crippen LogP contribution < -0.4 is 0 Å². The lowest BCUT2D eigenvalue weighted by Gasteiger charge is -2.26. The first kappa shape index (κ1) is 9.32. The van der Waals surface area contributed by atoms with Crippen molar-refractivity contribution in [2.45, 2.75) is 43.1 Å². The molecule has 2 aliphatic heterocycles. The predicted octanol–water partition coefficient (Wildman–Crippen LogP) is 2.81. The van der Waals surface area contributed by atoms with Crippen LogP contribution in [0.2, 0.25) is 0 Å². The molecule has 1 nitrogen and oxygen atoms in total. The van der Waals surface area contributed by atoms with E-state index in [4.69, 9.17) is 0 Å². The maximum Gasteiger partial charge on any atom is 0.161 e. The van der Waals surface area contributed by atoms with Crippen LogP contribution in [-0.4, -0.2) is 16.3 Å². The van der Waals surface area contributed by atoms with E-state index >= 15 is 0 Å². The Hall–Kier alpha value is -0.240. The number of ketones is 1. The molecule has 0 aliphatic carbocycles. The van der Waals surface area contributed by atoms with Crippen LogP contribution in [0.5, 0.6) is 0 Å². The van der Waals surface area contributed by atoms with Crippen molar-refractivity contribution in [3.63, 3.8) is 0 Å². The van der Waals surface area contributed by atoms with Gasteiger partial charge in [-0.1, -0.05) is 6.58 Å². The Balaban J connectivity index is 2.02. The second-order valence-corrected chi connectivity index (χ2v) is 5.88. The fraction of sp³-hybridized carbons (Fsp3) is 0.727. The van der Waals surface area contributed by atoms with Gasteiger partial charge in [0.1, 0.15) is 0 Å². The first-order valence-corrected chi connectivity index (χ1v) is 5.96. The van der Waals surface area contributed by atoms with Gasteiger partial charge in [0.15, 0.2) is 5.78 Å². The van der Waals surface area contributed by atoms with Crippen molar-refractivity contribution in [2.24, 2.45) is 5.92 Å². The van der Waals surface area contributed by atoms with Gasteiger partial charge in [-0.05, 0) is 38.2 Å². The van der Waals surface area contributed by atoms with Crippen LogP contribution in [0.25, 0.3) is 0 Å². The summed E-state index contributed by atoms with van der Waals surface area (Å²) in [7, 11) is 0. The Morgan fingerprint density at radius 1 is 1.31 bits per heavy atom. The highest BCUT2D eigenvalue weighted by atomic mass is 32.2. The number of rotatable bonds is 2. The molecule has 2 rings (SSSR count). The lowest BCUT2D eigenvalue weighted by Crippen LogP contribution is -2.24. The van der Waals surface area contributed by atoms with Crippen LogP contribution in [0.1, 0.15) is 32.6 Å². The van der Waals surface area contributed by atoms with Gasteiger partial charge in [0.05, 0.1) is 0 Å². The SMILES string of the molecule is C=C(C)C(=O)C1CC2CCC(C1)S2. The predicted molar refractivity (Wildman–Crippen MR) is 56.9 cm³/mol. The number of fused-ring (bicyclic) bond motifs is 2. The normalized spacial score (nSPS) is 37.5. The van der Waals surface area contributed by atoms with Crippen LogP contribution in [0.15, 0.2) is 12.2 Å². The molecule has 2 atom stereocenters. The van der Waals surface area contributed by atoms with Gasteiger partial charge in [-0.3, -0.25) is 4.79 Å². The van der Waals surface area contributed by atoms with Crippen molar-refractivity contribution in [3.8, 4) is 0 Å². The van der Waals surface area contributed by atoms with Crippen molar-refractivity contribution < 1.29 is 4.79 Å². The quantitative estimate of drug-likeness (QED) is 0.632. The zero-order valence-corrected chi connectivity index (χ0v) is 8.90. The maximum atomic E-state index is 11.7. The summed E-state index contributed by atoms with van der Waals surface area (Å²) in [6.07, 6.45) is 4.87. The first-order valence-electron chi connectivity index (χ1n) is 5.02. The van der Waals surface area contributed by atoms with E-state index in [2.05, 4.69) is 18.3 Å². The maximum absolute atomic E-state index is 11.7. The fourth-order valence-corrected chi connectivity index (χ4v) is 4.20. The standard InChI is InChI=1S/C11H16OS/c1-7(2)11(12)8-5-9-3-4-10(6-8)13-9/h8-10H,1,3-6H2,2H3. The monoisotopic (exact) mass is 196 g/mol. The molecule has 2 aliphatic rings. The molecule has 0 radical (unpaired) electrons. The highest BCUT2D eigenvalue weighted by Gasteiger charge is 2.37. The summed E-state index contributed by atoms with van der Waals surface area (Å²) in [5.41, 5.74) is 0.747. The fourth-order valence-electron chi connectivity index (χ4n) is 2.42. The topological polar surface area (TPSA) is 17.1 Å². The first-order chi connectivity index (χ1) is 6.16.